The highest BCUT2D eigenvalue weighted by molar-refractivity contribution is 7.09. The normalized spacial score (nSPS) is 24.5. The molecule has 2 heterocycles. The number of likely N-dealkylation sites (tertiary alicyclic amines) is 1. The maximum absolute atomic E-state index is 12.3. The van der Waals surface area contributed by atoms with E-state index in [1.807, 2.05) is 17.5 Å². The third kappa shape index (κ3) is 3.06. The Morgan fingerprint density at radius 3 is 2.50 bits per heavy atom. The zero-order chi connectivity index (χ0) is 15.5. The molecule has 2 fully saturated rings. The van der Waals surface area contributed by atoms with E-state index in [2.05, 4.69) is 5.32 Å². The molecule has 6 heteroatoms. The molecule has 0 unspecified atom stereocenters. The number of nitrogens with one attached hydrogen (secondary N) is 1. The highest BCUT2D eigenvalue weighted by Crippen LogP contribution is 2.37. The number of rotatable bonds is 5. The Bertz CT molecular complexity index is 546. The first-order valence-corrected chi connectivity index (χ1v) is 8.69. The lowest BCUT2D eigenvalue weighted by Crippen LogP contribution is -2.41. The van der Waals surface area contributed by atoms with Gasteiger partial charge in [0.15, 0.2) is 0 Å². The van der Waals surface area contributed by atoms with Gasteiger partial charge in [-0.25, -0.2) is 0 Å². The fourth-order valence-electron chi connectivity index (χ4n) is 3.37. The van der Waals surface area contributed by atoms with Crippen LogP contribution in [0.4, 0.5) is 0 Å². The van der Waals surface area contributed by atoms with Crippen LogP contribution < -0.4 is 5.32 Å². The summed E-state index contributed by atoms with van der Waals surface area (Å²) in [4.78, 5) is 38.9. The van der Waals surface area contributed by atoms with Crippen molar-refractivity contribution in [2.24, 2.45) is 11.8 Å². The van der Waals surface area contributed by atoms with Crippen LogP contribution in [0.2, 0.25) is 0 Å². The van der Waals surface area contributed by atoms with E-state index in [9.17, 15) is 14.4 Å². The van der Waals surface area contributed by atoms with Crippen molar-refractivity contribution in [1.82, 2.24) is 10.2 Å². The molecule has 1 saturated heterocycles. The number of carbonyl (C=O) groups excluding carboxylic acids is 3. The van der Waals surface area contributed by atoms with Crippen LogP contribution in [-0.4, -0.2) is 35.7 Å². The van der Waals surface area contributed by atoms with Crippen LogP contribution in [0, 0.1) is 11.8 Å². The average molecular weight is 320 g/mol. The van der Waals surface area contributed by atoms with Gasteiger partial charge in [0.2, 0.25) is 17.7 Å². The number of nitrogens with zero attached hydrogens (tertiary/aromatic N) is 1. The predicted molar refractivity (Wildman–Crippen MR) is 83.2 cm³/mol. The van der Waals surface area contributed by atoms with Crippen LogP contribution in [0.5, 0.6) is 0 Å². The number of amides is 3. The lowest BCUT2D eigenvalue weighted by atomic mass is 9.81. The SMILES string of the molecule is O=C(CN1C(=O)[C@H]2CCCC[C@H]2C1=O)NCCc1cccs1. The third-order valence-electron chi connectivity index (χ3n) is 4.51. The van der Waals surface area contributed by atoms with Gasteiger partial charge in [-0.3, -0.25) is 19.3 Å². The molecule has 5 nitrogen and oxygen atoms in total. The Hall–Kier alpha value is -1.69. The quantitative estimate of drug-likeness (QED) is 0.838. The maximum atomic E-state index is 12.3. The van der Waals surface area contributed by atoms with E-state index in [-0.39, 0.29) is 36.1 Å². The molecule has 1 saturated carbocycles. The van der Waals surface area contributed by atoms with Crippen molar-refractivity contribution in [3.05, 3.63) is 22.4 Å². The van der Waals surface area contributed by atoms with Crippen molar-refractivity contribution in [3.63, 3.8) is 0 Å². The molecule has 2 aliphatic rings. The molecule has 1 aromatic rings. The second-order valence-corrected chi connectivity index (χ2v) is 6.97. The molecule has 22 heavy (non-hydrogen) atoms. The van der Waals surface area contributed by atoms with Gasteiger partial charge in [-0.1, -0.05) is 18.9 Å². The molecule has 1 N–H and O–H groups in total. The van der Waals surface area contributed by atoms with Crippen molar-refractivity contribution in [3.8, 4) is 0 Å². The summed E-state index contributed by atoms with van der Waals surface area (Å²) in [5.41, 5.74) is 0. The Labute approximate surface area is 133 Å². The first-order chi connectivity index (χ1) is 10.7. The molecule has 0 bridgehead atoms. The summed E-state index contributed by atoms with van der Waals surface area (Å²) in [7, 11) is 0. The molecular weight excluding hydrogens is 300 g/mol. The second kappa shape index (κ2) is 6.60. The molecule has 0 aromatic carbocycles. The van der Waals surface area contributed by atoms with Crippen LogP contribution >= 0.6 is 11.3 Å². The van der Waals surface area contributed by atoms with Gasteiger partial charge in [0.1, 0.15) is 6.54 Å². The van der Waals surface area contributed by atoms with Crippen LogP contribution in [0.25, 0.3) is 0 Å². The molecule has 0 spiro atoms. The Morgan fingerprint density at radius 1 is 1.23 bits per heavy atom. The third-order valence-corrected chi connectivity index (χ3v) is 5.44. The highest BCUT2D eigenvalue weighted by Gasteiger charge is 2.48. The fourth-order valence-corrected chi connectivity index (χ4v) is 4.08. The first kappa shape index (κ1) is 15.2. The number of hydrogen-bond acceptors (Lipinski definition) is 4. The second-order valence-electron chi connectivity index (χ2n) is 5.94. The maximum Gasteiger partial charge on any atom is 0.240 e. The highest BCUT2D eigenvalue weighted by atomic mass is 32.1. The largest absolute Gasteiger partial charge is 0.354 e. The van der Waals surface area contributed by atoms with Crippen molar-refractivity contribution in [2.75, 3.05) is 13.1 Å². The summed E-state index contributed by atoms with van der Waals surface area (Å²) in [6, 6.07) is 4.00. The Morgan fingerprint density at radius 2 is 1.91 bits per heavy atom. The van der Waals surface area contributed by atoms with E-state index in [1.165, 1.54) is 9.78 Å². The minimum Gasteiger partial charge on any atom is -0.354 e. The van der Waals surface area contributed by atoms with E-state index >= 15 is 0 Å². The Balaban J connectivity index is 1.50. The summed E-state index contributed by atoms with van der Waals surface area (Å²) in [5.74, 6) is -0.913. The lowest BCUT2D eigenvalue weighted by molar-refractivity contribution is -0.143. The van der Waals surface area contributed by atoms with Gasteiger partial charge in [-0.05, 0) is 30.7 Å². The standard InChI is InChI=1S/C16H20N2O3S/c19-14(17-8-7-11-4-3-9-22-11)10-18-15(20)12-5-1-2-6-13(12)16(18)21/h3-4,9,12-13H,1-2,5-8,10H2,(H,17,19)/t12-,13+. The van der Waals surface area contributed by atoms with E-state index in [4.69, 9.17) is 0 Å². The number of fused-ring (bicyclic) bond motifs is 1. The van der Waals surface area contributed by atoms with Gasteiger partial charge in [0.05, 0.1) is 11.8 Å². The van der Waals surface area contributed by atoms with Gasteiger partial charge < -0.3 is 5.32 Å². The Kier molecular flexibility index (Phi) is 4.57. The molecular formula is C16H20N2O3S. The van der Waals surface area contributed by atoms with Crippen LogP contribution in [-0.2, 0) is 20.8 Å². The lowest BCUT2D eigenvalue weighted by Gasteiger charge is -2.19. The monoisotopic (exact) mass is 320 g/mol. The van der Waals surface area contributed by atoms with Gasteiger partial charge in [-0.15, -0.1) is 11.3 Å². The van der Waals surface area contributed by atoms with E-state index < -0.39 is 0 Å². The van der Waals surface area contributed by atoms with Gasteiger partial charge in [0, 0.05) is 11.4 Å². The molecule has 2 atom stereocenters. The summed E-state index contributed by atoms with van der Waals surface area (Å²) < 4.78 is 0. The van der Waals surface area contributed by atoms with Gasteiger partial charge in [-0.2, -0.15) is 0 Å². The van der Waals surface area contributed by atoms with Crippen molar-refractivity contribution >= 4 is 29.1 Å². The predicted octanol–water partition coefficient (Wildman–Crippen LogP) is 1.58. The zero-order valence-electron chi connectivity index (χ0n) is 12.4. The molecule has 1 aliphatic carbocycles. The average Bonchev–Trinajstić information content (AvgIpc) is 3.11. The minimum absolute atomic E-state index is 0.130. The molecule has 3 rings (SSSR count). The van der Waals surface area contributed by atoms with Crippen LogP contribution in [0.3, 0.4) is 0 Å². The van der Waals surface area contributed by atoms with E-state index in [0.717, 1.165) is 32.1 Å². The van der Waals surface area contributed by atoms with Crippen LogP contribution in [0.15, 0.2) is 17.5 Å². The van der Waals surface area contributed by atoms with Crippen LogP contribution in [0.1, 0.15) is 30.6 Å². The summed E-state index contributed by atoms with van der Waals surface area (Å²) in [5, 5.41) is 4.79. The van der Waals surface area contributed by atoms with Crippen molar-refractivity contribution in [2.45, 2.75) is 32.1 Å². The summed E-state index contributed by atoms with van der Waals surface area (Å²) in [6.45, 7) is 0.400. The molecule has 3 amide bonds. The van der Waals surface area contributed by atoms with Gasteiger partial charge in [0.25, 0.3) is 0 Å². The van der Waals surface area contributed by atoms with Crippen molar-refractivity contribution in [1.29, 1.82) is 0 Å². The molecule has 1 aliphatic heterocycles. The molecule has 0 radical (unpaired) electrons. The summed E-state index contributed by atoms with van der Waals surface area (Å²) in [6.07, 6.45) is 4.34. The number of hydrogen-bond donors (Lipinski definition) is 1. The number of imide groups is 1. The number of carbonyl (C=O) groups is 3. The van der Waals surface area contributed by atoms with Gasteiger partial charge >= 0.3 is 0 Å². The number of thiophene rings is 1. The molecule has 118 valence electrons. The fraction of sp³-hybridized carbons (Fsp3) is 0.562. The topological polar surface area (TPSA) is 66.5 Å². The van der Waals surface area contributed by atoms with E-state index in [1.54, 1.807) is 11.3 Å². The smallest absolute Gasteiger partial charge is 0.240 e. The zero-order valence-corrected chi connectivity index (χ0v) is 13.2. The van der Waals surface area contributed by atoms with Crippen molar-refractivity contribution < 1.29 is 14.4 Å². The molecule has 1 aromatic heterocycles. The van der Waals surface area contributed by atoms with E-state index in [0.29, 0.717) is 6.54 Å². The minimum atomic E-state index is -0.253. The first-order valence-electron chi connectivity index (χ1n) is 7.81. The summed E-state index contributed by atoms with van der Waals surface area (Å²) >= 11 is 1.65.